The van der Waals surface area contributed by atoms with Crippen molar-refractivity contribution in [2.24, 2.45) is 0 Å². The molecule has 1 aromatic carbocycles. The highest BCUT2D eigenvalue weighted by Gasteiger charge is 2.08. The lowest BCUT2D eigenvalue weighted by Crippen LogP contribution is -2.28. The average Bonchev–Trinajstić information content (AvgIpc) is 2.39. The van der Waals surface area contributed by atoms with Crippen molar-refractivity contribution in [3.05, 3.63) is 23.3 Å². The molecule has 0 bridgehead atoms. The average molecular weight is 253 g/mol. The summed E-state index contributed by atoms with van der Waals surface area (Å²) in [5, 5.41) is 11.2. The second kappa shape index (κ2) is 6.86. The number of aliphatic hydroxyl groups excluding tert-OH is 1. The minimum Gasteiger partial charge on any atom is -0.493 e. The Labute approximate surface area is 107 Å². The molecule has 2 N–H and O–H groups in total. The minimum absolute atomic E-state index is 0.367. The standard InChI is InChI=1S/C13H19NO4/c1-9-6-11(17-2)12(18-3)7-10(9)4-5-14-13(16)8-15/h6-7,15H,4-5,8H2,1-3H3,(H,14,16). The van der Waals surface area contributed by atoms with Gasteiger partial charge in [-0.1, -0.05) is 0 Å². The first kappa shape index (κ1) is 14.3. The van der Waals surface area contributed by atoms with Crippen LogP contribution in [-0.2, 0) is 11.2 Å². The monoisotopic (exact) mass is 253 g/mol. The number of rotatable bonds is 6. The molecule has 5 heteroatoms. The van der Waals surface area contributed by atoms with Gasteiger partial charge in [-0.3, -0.25) is 4.79 Å². The van der Waals surface area contributed by atoms with Crippen LogP contribution in [-0.4, -0.2) is 38.4 Å². The van der Waals surface area contributed by atoms with Crippen LogP contribution in [0.4, 0.5) is 0 Å². The van der Waals surface area contributed by atoms with Crippen LogP contribution in [0.25, 0.3) is 0 Å². The molecule has 0 heterocycles. The van der Waals surface area contributed by atoms with Gasteiger partial charge < -0.3 is 19.9 Å². The van der Waals surface area contributed by atoms with Gasteiger partial charge in [0.05, 0.1) is 14.2 Å². The summed E-state index contributed by atoms with van der Waals surface area (Å²) in [7, 11) is 3.18. The van der Waals surface area contributed by atoms with E-state index in [1.165, 1.54) is 0 Å². The van der Waals surface area contributed by atoms with Crippen LogP contribution in [0.5, 0.6) is 11.5 Å². The Hall–Kier alpha value is -1.75. The molecule has 100 valence electrons. The quantitative estimate of drug-likeness (QED) is 0.781. The molecule has 5 nitrogen and oxygen atoms in total. The molecule has 0 aromatic heterocycles. The van der Waals surface area contributed by atoms with Crippen molar-refractivity contribution in [2.75, 3.05) is 27.4 Å². The van der Waals surface area contributed by atoms with Gasteiger partial charge in [0.2, 0.25) is 5.91 Å². The zero-order chi connectivity index (χ0) is 13.5. The molecule has 0 aliphatic rings. The molecule has 0 saturated heterocycles. The zero-order valence-electron chi connectivity index (χ0n) is 10.9. The van der Waals surface area contributed by atoms with Crippen LogP contribution in [0.15, 0.2) is 12.1 Å². The summed E-state index contributed by atoms with van der Waals surface area (Å²) in [5.74, 6) is 0.998. The molecule has 0 aliphatic carbocycles. The van der Waals surface area contributed by atoms with E-state index in [4.69, 9.17) is 14.6 Å². The molecule has 0 spiro atoms. The van der Waals surface area contributed by atoms with Crippen molar-refractivity contribution >= 4 is 5.91 Å². The molecular formula is C13H19NO4. The van der Waals surface area contributed by atoms with E-state index in [1.54, 1.807) is 14.2 Å². The first-order valence-electron chi connectivity index (χ1n) is 5.71. The highest BCUT2D eigenvalue weighted by Crippen LogP contribution is 2.30. The molecule has 0 fully saturated rings. The Morgan fingerprint density at radius 1 is 1.28 bits per heavy atom. The number of aryl methyl sites for hydroxylation is 1. The number of hydrogen-bond acceptors (Lipinski definition) is 4. The Morgan fingerprint density at radius 2 is 1.89 bits per heavy atom. The van der Waals surface area contributed by atoms with Gasteiger partial charge in [0.15, 0.2) is 11.5 Å². The molecule has 0 radical (unpaired) electrons. The van der Waals surface area contributed by atoms with Crippen LogP contribution in [0.1, 0.15) is 11.1 Å². The van der Waals surface area contributed by atoms with Crippen molar-refractivity contribution in [3.8, 4) is 11.5 Å². The number of ether oxygens (including phenoxy) is 2. The Bertz CT molecular complexity index is 418. The van der Waals surface area contributed by atoms with Crippen molar-refractivity contribution in [2.45, 2.75) is 13.3 Å². The second-order valence-corrected chi connectivity index (χ2v) is 3.89. The fraction of sp³-hybridized carbons (Fsp3) is 0.462. The molecule has 1 aromatic rings. The molecule has 1 rings (SSSR count). The maximum atomic E-state index is 10.9. The summed E-state index contributed by atoms with van der Waals surface area (Å²) in [5.41, 5.74) is 2.15. The Kier molecular flexibility index (Phi) is 5.45. The largest absolute Gasteiger partial charge is 0.493 e. The van der Waals surface area contributed by atoms with Crippen LogP contribution in [0, 0.1) is 6.92 Å². The number of methoxy groups -OCH3 is 2. The number of carbonyl (C=O) groups is 1. The second-order valence-electron chi connectivity index (χ2n) is 3.89. The number of amides is 1. The maximum absolute atomic E-state index is 10.9. The molecule has 0 unspecified atom stereocenters. The van der Waals surface area contributed by atoms with Crippen molar-refractivity contribution in [1.29, 1.82) is 0 Å². The first-order chi connectivity index (χ1) is 8.62. The van der Waals surface area contributed by atoms with E-state index in [-0.39, 0.29) is 5.91 Å². The predicted molar refractivity (Wildman–Crippen MR) is 68.1 cm³/mol. The summed E-state index contributed by atoms with van der Waals surface area (Å²) in [6, 6.07) is 3.81. The lowest BCUT2D eigenvalue weighted by atomic mass is 10.0. The summed E-state index contributed by atoms with van der Waals surface area (Å²) in [6.45, 7) is 1.98. The van der Waals surface area contributed by atoms with Gasteiger partial charge >= 0.3 is 0 Å². The van der Waals surface area contributed by atoms with Gasteiger partial charge in [-0.25, -0.2) is 0 Å². The van der Waals surface area contributed by atoms with Gasteiger partial charge in [-0.05, 0) is 36.6 Å². The van der Waals surface area contributed by atoms with E-state index in [0.29, 0.717) is 24.5 Å². The van der Waals surface area contributed by atoms with E-state index >= 15 is 0 Å². The third kappa shape index (κ3) is 3.63. The highest BCUT2D eigenvalue weighted by atomic mass is 16.5. The van der Waals surface area contributed by atoms with E-state index in [1.807, 2.05) is 19.1 Å². The fourth-order valence-electron chi connectivity index (χ4n) is 1.68. The molecule has 0 aliphatic heterocycles. The third-order valence-electron chi connectivity index (χ3n) is 2.70. The highest BCUT2D eigenvalue weighted by molar-refractivity contribution is 5.76. The number of benzene rings is 1. The number of carbonyl (C=O) groups excluding carboxylic acids is 1. The van der Waals surface area contributed by atoms with E-state index in [0.717, 1.165) is 11.1 Å². The number of nitrogens with one attached hydrogen (secondary N) is 1. The summed E-state index contributed by atoms with van der Waals surface area (Å²) in [4.78, 5) is 10.9. The summed E-state index contributed by atoms with van der Waals surface area (Å²) in [6.07, 6.45) is 0.678. The summed E-state index contributed by atoms with van der Waals surface area (Å²) >= 11 is 0. The molecule has 0 atom stereocenters. The van der Waals surface area contributed by atoms with E-state index < -0.39 is 6.61 Å². The predicted octanol–water partition coefficient (Wildman–Crippen LogP) is 0.663. The normalized spacial score (nSPS) is 10.0. The molecular weight excluding hydrogens is 234 g/mol. The van der Waals surface area contributed by atoms with Crippen molar-refractivity contribution in [3.63, 3.8) is 0 Å². The first-order valence-corrected chi connectivity index (χ1v) is 5.71. The van der Waals surface area contributed by atoms with Crippen LogP contribution in [0.2, 0.25) is 0 Å². The van der Waals surface area contributed by atoms with Crippen molar-refractivity contribution in [1.82, 2.24) is 5.32 Å². The van der Waals surface area contributed by atoms with Gasteiger partial charge in [-0.2, -0.15) is 0 Å². The van der Waals surface area contributed by atoms with Gasteiger partial charge in [0, 0.05) is 6.54 Å². The summed E-state index contributed by atoms with van der Waals surface area (Å²) < 4.78 is 10.4. The number of aliphatic hydroxyl groups is 1. The lowest BCUT2D eigenvalue weighted by molar-refractivity contribution is -0.123. The molecule has 0 saturated carbocycles. The smallest absolute Gasteiger partial charge is 0.245 e. The number of hydrogen-bond donors (Lipinski definition) is 2. The topological polar surface area (TPSA) is 67.8 Å². The van der Waals surface area contributed by atoms with Crippen LogP contribution < -0.4 is 14.8 Å². The Morgan fingerprint density at radius 3 is 2.44 bits per heavy atom. The van der Waals surface area contributed by atoms with Crippen molar-refractivity contribution < 1.29 is 19.4 Å². The van der Waals surface area contributed by atoms with Gasteiger partial charge in [-0.15, -0.1) is 0 Å². The molecule has 1 amide bonds. The maximum Gasteiger partial charge on any atom is 0.245 e. The fourth-order valence-corrected chi connectivity index (χ4v) is 1.68. The Balaban J connectivity index is 2.73. The zero-order valence-corrected chi connectivity index (χ0v) is 10.9. The third-order valence-corrected chi connectivity index (χ3v) is 2.70. The van der Waals surface area contributed by atoms with E-state index in [9.17, 15) is 4.79 Å². The SMILES string of the molecule is COc1cc(C)c(CCNC(=O)CO)cc1OC. The van der Waals surface area contributed by atoms with E-state index in [2.05, 4.69) is 5.32 Å². The molecule has 18 heavy (non-hydrogen) atoms. The van der Waals surface area contributed by atoms with Gasteiger partial charge in [0.1, 0.15) is 6.61 Å². The lowest BCUT2D eigenvalue weighted by Gasteiger charge is -2.13. The minimum atomic E-state index is -0.481. The van der Waals surface area contributed by atoms with Crippen LogP contribution >= 0.6 is 0 Å². The van der Waals surface area contributed by atoms with Crippen LogP contribution in [0.3, 0.4) is 0 Å². The van der Waals surface area contributed by atoms with Gasteiger partial charge in [0.25, 0.3) is 0 Å².